The zero-order chi connectivity index (χ0) is 25.8. The van der Waals surface area contributed by atoms with Crippen LogP contribution in [0.25, 0.3) is 11.0 Å². The second-order valence-electron chi connectivity index (χ2n) is 9.02. The molecule has 4 rings (SSSR count). The molecule has 10 nitrogen and oxygen atoms in total. The molecule has 0 atom stereocenters. The Hall–Kier alpha value is -4.23. The van der Waals surface area contributed by atoms with E-state index in [-0.39, 0.29) is 36.8 Å². The van der Waals surface area contributed by atoms with Gasteiger partial charge in [-0.25, -0.2) is 4.98 Å². The Labute approximate surface area is 208 Å². The highest BCUT2D eigenvalue weighted by atomic mass is 16.3. The Bertz CT molecular complexity index is 1330. The molecule has 3 amide bonds. The normalized spacial score (nSPS) is 17.4. The number of nitrogens with zero attached hydrogens (tertiary/aromatic N) is 4. The molecule has 0 bridgehead atoms. The first-order valence-electron chi connectivity index (χ1n) is 11.8. The van der Waals surface area contributed by atoms with Gasteiger partial charge in [0.05, 0.1) is 28.8 Å². The molecule has 1 aliphatic rings. The van der Waals surface area contributed by atoms with Crippen LogP contribution in [0, 0.1) is 17.2 Å². The number of hydrogen-bond donors (Lipinski definition) is 3. The first-order valence-corrected chi connectivity index (χ1v) is 11.8. The molecule has 0 saturated heterocycles. The number of hydrogen-bond acceptors (Lipinski definition) is 6. The predicted octanol–water partition coefficient (Wildman–Crippen LogP) is 2.55. The summed E-state index contributed by atoms with van der Waals surface area (Å²) in [7, 11) is 1.71. The average molecular weight is 489 g/mol. The van der Waals surface area contributed by atoms with E-state index in [1.54, 1.807) is 59.0 Å². The van der Waals surface area contributed by atoms with E-state index < -0.39 is 11.8 Å². The number of amides is 3. The highest BCUT2D eigenvalue weighted by molar-refractivity contribution is 6.04. The number of benzene rings is 2. The Morgan fingerprint density at radius 1 is 1.17 bits per heavy atom. The fraction of sp³-hybridized carbons (Fsp3) is 0.346. The predicted molar refractivity (Wildman–Crippen MR) is 134 cm³/mol. The monoisotopic (exact) mass is 488 g/mol. The maximum atomic E-state index is 13.0. The van der Waals surface area contributed by atoms with E-state index in [2.05, 4.69) is 10.3 Å². The van der Waals surface area contributed by atoms with E-state index in [0.29, 0.717) is 53.5 Å². The third-order valence-corrected chi connectivity index (χ3v) is 6.58. The van der Waals surface area contributed by atoms with Gasteiger partial charge in [0.1, 0.15) is 0 Å². The van der Waals surface area contributed by atoms with Crippen LogP contribution in [0.5, 0.6) is 0 Å². The highest BCUT2D eigenvalue weighted by Gasteiger charge is 2.28. The van der Waals surface area contributed by atoms with Gasteiger partial charge >= 0.3 is 0 Å². The summed E-state index contributed by atoms with van der Waals surface area (Å²) < 4.78 is 1.70. The third-order valence-electron chi connectivity index (χ3n) is 6.58. The maximum Gasteiger partial charge on any atom is 0.257 e. The fourth-order valence-electron chi connectivity index (χ4n) is 4.46. The van der Waals surface area contributed by atoms with Crippen LogP contribution in [0.3, 0.4) is 0 Å². The van der Waals surface area contributed by atoms with Gasteiger partial charge in [-0.2, -0.15) is 5.26 Å². The van der Waals surface area contributed by atoms with Gasteiger partial charge in [0.25, 0.3) is 5.91 Å². The molecule has 1 aliphatic carbocycles. The number of imidazole rings is 1. The number of primary amides is 1. The van der Waals surface area contributed by atoms with Crippen molar-refractivity contribution in [1.29, 1.82) is 5.26 Å². The van der Waals surface area contributed by atoms with Crippen molar-refractivity contribution in [1.82, 2.24) is 9.55 Å². The average Bonchev–Trinajstić information content (AvgIpc) is 3.22. The number of nitrogens with one attached hydrogen (secondary N) is 1. The lowest BCUT2D eigenvalue weighted by atomic mass is 9.86. The summed E-state index contributed by atoms with van der Waals surface area (Å²) in [6.45, 7) is 0.216. The number of rotatable bonds is 7. The first-order chi connectivity index (χ1) is 17.3. The summed E-state index contributed by atoms with van der Waals surface area (Å²) in [5.41, 5.74) is 8.03. The minimum absolute atomic E-state index is 0.0104. The summed E-state index contributed by atoms with van der Waals surface area (Å²) in [6, 6.07) is 13.6. The van der Waals surface area contributed by atoms with Crippen molar-refractivity contribution in [3.63, 3.8) is 0 Å². The summed E-state index contributed by atoms with van der Waals surface area (Å²) in [6.07, 6.45) is 2.27. The molecular weight excluding hydrogens is 460 g/mol. The Balaban J connectivity index is 1.61. The van der Waals surface area contributed by atoms with Crippen LogP contribution in [0.15, 0.2) is 42.5 Å². The van der Waals surface area contributed by atoms with Gasteiger partial charge < -0.3 is 20.3 Å². The molecule has 0 aliphatic heterocycles. The Morgan fingerprint density at radius 3 is 2.50 bits per heavy atom. The van der Waals surface area contributed by atoms with Crippen molar-refractivity contribution in [2.75, 3.05) is 17.3 Å². The molecule has 3 aromatic rings. The maximum absolute atomic E-state index is 13.0. The van der Waals surface area contributed by atoms with Crippen LogP contribution in [-0.2, 0) is 16.1 Å². The molecular formula is C26H28N6O4. The minimum atomic E-state index is -0.485. The van der Waals surface area contributed by atoms with Gasteiger partial charge in [0.15, 0.2) is 0 Å². The molecule has 1 saturated carbocycles. The van der Waals surface area contributed by atoms with E-state index in [1.807, 2.05) is 6.07 Å². The van der Waals surface area contributed by atoms with Crippen LogP contribution in [-0.4, -0.2) is 45.5 Å². The summed E-state index contributed by atoms with van der Waals surface area (Å²) in [5, 5.41) is 21.5. The van der Waals surface area contributed by atoms with Gasteiger partial charge in [-0.05, 0) is 68.1 Å². The SMILES string of the molecule is CN(C(=O)C1CCC(O)CC1)c1ccc2c(c1)nc(NC(=O)c1ccc(C#N)cc1)n2CCC(N)=O. The van der Waals surface area contributed by atoms with E-state index in [0.717, 1.165) is 0 Å². The lowest BCUT2D eigenvalue weighted by molar-refractivity contribution is -0.123. The number of nitrogens with two attached hydrogens (primary N) is 1. The number of carbonyl (C=O) groups is 3. The topological polar surface area (TPSA) is 154 Å². The lowest BCUT2D eigenvalue weighted by Gasteiger charge is -2.28. The van der Waals surface area contributed by atoms with Crippen LogP contribution in [0.1, 0.15) is 48.0 Å². The van der Waals surface area contributed by atoms with Crippen molar-refractivity contribution in [2.24, 2.45) is 11.7 Å². The van der Waals surface area contributed by atoms with E-state index in [4.69, 9.17) is 11.0 Å². The second-order valence-corrected chi connectivity index (χ2v) is 9.02. The van der Waals surface area contributed by atoms with Crippen LogP contribution in [0.2, 0.25) is 0 Å². The largest absolute Gasteiger partial charge is 0.393 e. The van der Waals surface area contributed by atoms with E-state index in [1.165, 1.54) is 0 Å². The van der Waals surface area contributed by atoms with Crippen molar-refractivity contribution in [2.45, 2.75) is 44.8 Å². The molecule has 1 aromatic heterocycles. The molecule has 4 N–H and O–H groups in total. The molecule has 0 radical (unpaired) electrons. The number of aromatic nitrogens is 2. The van der Waals surface area contributed by atoms with Crippen LogP contribution in [0.4, 0.5) is 11.6 Å². The van der Waals surface area contributed by atoms with Crippen molar-refractivity contribution in [3.05, 3.63) is 53.6 Å². The molecule has 0 unspecified atom stereocenters. The van der Waals surface area contributed by atoms with E-state index in [9.17, 15) is 19.5 Å². The Morgan fingerprint density at radius 2 is 1.86 bits per heavy atom. The fourth-order valence-corrected chi connectivity index (χ4v) is 4.46. The lowest BCUT2D eigenvalue weighted by Crippen LogP contribution is -2.35. The first kappa shape index (κ1) is 24.9. The molecule has 186 valence electrons. The quantitative estimate of drug-likeness (QED) is 0.464. The Kier molecular flexibility index (Phi) is 7.31. The summed E-state index contributed by atoms with van der Waals surface area (Å²) in [4.78, 5) is 43.5. The smallest absolute Gasteiger partial charge is 0.257 e. The van der Waals surface area contributed by atoms with Gasteiger partial charge in [-0.1, -0.05) is 0 Å². The number of anilines is 2. The van der Waals surface area contributed by atoms with Gasteiger partial charge in [0.2, 0.25) is 17.8 Å². The molecule has 1 fully saturated rings. The molecule has 1 heterocycles. The van der Waals surface area contributed by atoms with Gasteiger partial charge in [-0.15, -0.1) is 0 Å². The third kappa shape index (κ3) is 5.37. The van der Waals surface area contributed by atoms with E-state index >= 15 is 0 Å². The molecule has 10 heteroatoms. The molecule has 36 heavy (non-hydrogen) atoms. The standard InChI is InChI=1S/C26H28N6O4/c1-31(25(36)18-6-9-20(33)10-7-18)19-8-11-22-21(14-19)29-26(32(22)13-12-23(28)34)30-24(35)17-4-2-16(15-27)3-5-17/h2-5,8,11,14,18,20,33H,6-7,9-10,12-13H2,1H3,(H2,28,34)(H,29,30,35). The van der Waals surface area contributed by atoms with Crippen molar-refractivity contribution in [3.8, 4) is 6.07 Å². The molecule has 0 spiro atoms. The number of aliphatic hydroxyl groups is 1. The molecule has 2 aromatic carbocycles. The number of aliphatic hydroxyl groups excluding tert-OH is 1. The number of aryl methyl sites for hydroxylation is 1. The van der Waals surface area contributed by atoms with Gasteiger partial charge in [-0.3, -0.25) is 19.7 Å². The summed E-state index contributed by atoms with van der Waals surface area (Å²) in [5.74, 6) is -0.802. The van der Waals surface area contributed by atoms with Gasteiger partial charge in [0, 0.05) is 37.2 Å². The summed E-state index contributed by atoms with van der Waals surface area (Å²) >= 11 is 0. The number of fused-ring (bicyclic) bond motifs is 1. The second kappa shape index (κ2) is 10.6. The minimum Gasteiger partial charge on any atom is -0.393 e. The zero-order valence-electron chi connectivity index (χ0n) is 20.0. The zero-order valence-corrected chi connectivity index (χ0v) is 20.0. The van der Waals surface area contributed by atoms with Crippen LogP contribution < -0.4 is 16.0 Å². The van der Waals surface area contributed by atoms with Crippen LogP contribution >= 0.6 is 0 Å². The highest BCUT2D eigenvalue weighted by Crippen LogP contribution is 2.30. The number of nitriles is 1. The van der Waals surface area contributed by atoms with Crippen molar-refractivity contribution >= 4 is 40.4 Å². The number of carbonyl (C=O) groups excluding carboxylic acids is 3. The van der Waals surface area contributed by atoms with Crippen molar-refractivity contribution < 1.29 is 19.5 Å².